The lowest BCUT2D eigenvalue weighted by Crippen LogP contribution is -2.42. The predicted octanol–water partition coefficient (Wildman–Crippen LogP) is 2.02. The van der Waals surface area contributed by atoms with Crippen molar-refractivity contribution in [1.29, 1.82) is 0 Å². The van der Waals surface area contributed by atoms with Gasteiger partial charge in [0, 0.05) is 41.1 Å². The molecule has 1 aliphatic rings. The molecule has 2 heterocycles. The molecule has 1 fully saturated rings. The fourth-order valence-electron chi connectivity index (χ4n) is 2.98. The van der Waals surface area contributed by atoms with Gasteiger partial charge in [0.25, 0.3) is 0 Å². The summed E-state index contributed by atoms with van der Waals surface area (Å²) < 4.78 is 1.91. The number of amides is 2. The number of primary amides is 1. The summed E-state index contributed by atoms with van der Waals surface area (Å²) in [6.45, 7) is 1.46. The molecule has 0 radical (unpaired) electrons. The first-order chi connectivity index (χ1) is 10.6. The molecule has 2 amide bonds. The zero-order valence-corrected chi connectivity index (χ0v) is 12.9. The van der Waals surface area contributed by atoms with Crippen molar-refractivity contribution >= 4 is 34.3 Å². The number of piperidine rings is 1. The summed E-state index contributed by atoms with van der Waals surface area (Å²) in [6.07, 6.45) is 3.18. The maximum Gasteiger partial charge on any atom is 0.242 e. The molecule has 22 heavy (non-hydrogen) atoms. The second-order valence-corrected chi connectivity index (χ2v) is 6.08. The van der Waals surface area contributed by atoms with Gasteiger partial charge in [-0.3, -0.25) is 9.59 Å². The number of hydrogen-bond acceptors (Lipinski definition) is 2. The maximum absolute atomic E-state index is 12.4. The van der Waals surface area contributed by atoms with Gasteiger partial charge in [-0.1, -0.05) is 17.7 Å². The first kappa shape index (κ1) is 14.9. The van der Waals surface area contributed by atoms with E-state index in [4.69, 9.17) is 17.3 Å². The molecule has 2 aromatic rings. The lowest BCUT2D eigenvalue weighted by Gasteiger charge is -2.30. The van der Waals surface area contributed by atoms with Crippen molar-refractivity contribution in [1.82, 2.24) is 9.47 Å². The van der Waals surface area contributed by atoms with E-state index in [2.05, 4.69) is 0 Å². The van der Waals surface area contributed by atoms with Gasteiger partial charge in [0.1, 0.15) is 6.54 Å². The Morgan fingerprint density at radius 2 is 1.95 bits per heavy atom. The van der Waals surface area contributed by atoms with Gasteiger partial charge in [0.15, 0.2) is 0 Å². The minimum atomic E-state index is -0.266. The third-order valence-corrected chi connectivity index (χ3v) is 4.65. The van der Waals surface area contributed by atoms with Crippen LogP contribution >= 0.6 is 11.6 Å². The van der Waals surface area contributed by atoms with E-state index >= 15 is 0 Å². The molecule has 1 aliphatic heterocycles. The van der Waals surface area contributed by atoms with Crippen LogP contribution in [0.1, 0.15) is 12.8 Å². The molecule has 0 saturated carbocycles. The standard InChI is InChI=1S/C16H18ClN3O2/c17-13-2-1-3-14-12(13)6-9-20(14)10-15(21)19-7-4-11(5-8-19)16(18)22/h1-3,6,9,11H,4-5,7-8,10H2,(H2,18,22). The molecule has 0 spiro atoms. The van der Waals surface area contributed by atoms with Crippen LogP contribution in [0.4, 0.5) is 0 Å². The quantitative estimate of drug-likeness (QED) is 0.940. The number of nitrogens with two attached hydrogens (primary N) is 1. The first-order valence-corrected chi connectivity index (χ1v) is 7.74. The zero-order chi connectivity index (χ0) is 15.7. The normalized spacial score (nSPS) is 16.1. The third kappa shape index (κ3) is 2.81. The van der Waals surface area contributed by atoms with Crippen molar-refractivity contribution in [2.24, 2.45) is 11.7 Å². The molecule has 1 aromatic heterocycles. The maximum atomic E-state index is 12.4. The molecule has 116 valence electrons. The first-order valence-electron chi connectivity index (χ1n) is 7.36. The minimum Gasteiger partial charge on any atom is -0.369 e. The Balaban J connectivity index is 1.69. The molecule has 6 heteroatoms. The summed E-state index contributed by atoms with van der Waals surface area (Å²) in [4.78, 5) is 25.4. The molecular weight excluding hydrogens is 302 g/mol. The summed E-state index contributed by atoms with van der Waals surface area (Å²) in [7, 11) is 0. The smallest absolute Gasteiger partial charge is 0.242 e. The largest absolute Gasteiger partial charge is 0.369 e. The van der Waals surface area contributed by atoms with Crippen LogP contribution in [-0.4, -0.2) is 34.4 Å². The summed E-state index contributed by atoms with van der Waals surface area (Å²) in [6, 6.07) is 7.59. The van der Waals surface area contributed by atoms with Crippen LogP contribution in [0.2, 0.25) is 5.02 Å². The number of halogens is 1. The van der Waals surface area contributed by atoms with E-state index in [1.54, 1.807) is 4.90 Å². The van der Waals surface area contributed by atoms with Gasteiger partial charge in [-0.05, 0) is 31.0 Å². The average Bonchev–Trinajstić information content (AvgIpc) is 2.92. The van der Waals surface area contributed by atoms with Crippen molar-refractivity contribution in [2.45, 2.75) is 19.4 Å². The van der Waals surface area contributed by atoms with Crippen molar-refractivity contribution in [2.75, 3.05) is 13.1 Å². The van der Waals surface area contributed by atoms with E-state index in [0.717, 1.165) is 10.9 Å². The Morgan fingerprint density at radius 1 is 1.23 bits per heavy atom. The molecular formula is C16H18ClN3O2. The molecule has 3 rings (SSSR count). The van der Waals surface area contributed by atoms with Crippen LogP contribution in [0.5, 0.6) is 0 Å². The summed E-state index contributed by atoms with van der Waals surface area (Å²) in [5.41, 5.74) is 6.27. The van der Waals surface area contributed by atoms with Crippen molar-refractivity contribution in [3.05, 3.63) is 35.5 Å². The van der Waals surface area contributed by atoms with Crippen molar-refractivity contribution in [3.63, 3.8) is 0 Å². The lowest BCUT2D eigenvalue weighted by atomic mass is 9.96. The fourth-order valence-corrected chi connectivity index (χ4v) is 3.22. The van der Waals surface area contributed by atoms with Crippen LogP contribution < -0.4 is 5.73 Å². The van der Waals surface area contributed by atoms with Crippen LogP contribution in [0.3, 0.4) is 0 Å². The number of nitrogens with zero attached hydrogens (tertiary/aromatic N) is 2. The predicted molar refractivity (Wildman–Crippen MR) is 85.4 cm³/mol. The number of fused-ring (bicyclic) bond motifs is 1. The second-order valence-electron chi connectivity index (χ2n) is 5.67. The van der Waals surface area contributed by atoms with Gasteiger partial charge in [-0.15, -0.1) is 0 Å². The highest BCUT2D eigenvalue weighted by Gasteiger charge is 2.25. The monoisotopic (exact) mass is 319 g/mol. The van der Waals surface area contributed by atoms with Crippen LogP contribution in [0.15, 0.2) is 30.5 Å². The Morgan fingerprint density at radius 3 is 2.64 bits per heavy atom. The highest BCUT2D eigenvalue weighted by molar-refractivity contribution is 6.35. The number of hydrogen-bond donors (Lipinski definition) is 1. The SMILES string of the molecule is NC(=O)C1CCN(C(=O)Cn2ccc3c(Cl)cccc32)CC1. The minimum absolute atomic E-state index is 0.0559. The third-order valence-electron chi connectivity index (χ3n) is 4.32. The fraction of sp³-hybridized carbons (Fsp3) is 0.375. The van der Waals surface area contributed by atoms with E-state index in [-0.39, 0.29) is 24.3 Å². The second kappa shape index (κ2) is 6.01. The van der Waals surface area contributed by atoms with E-state index < -0.39 is 0 Å². The van der Waals surface area contributed by atoms with Crippen molar-refractivity contribution < 1.29 is 9.59 Å². The Bertz CT molecular complexity index is 717. The number of carbonyl (C=O) groups excluding carboxylic acids is 2. The van der Waals surface area contributed by atoms with Gasteiger partial charge in [0.2, 0.25) is 11.8 Å². The summed E-state index contributed by atoms with van der Waals surface area (Å²) >= 11 is 6.15. The molecule has 0 aliphatic carbocycles. The van der Waals surface area contributed by atoms with Gasteiger partial charge in [-0.2, -0.15) is 0 Å². The van der Waals surface area contributed by atoms with Gasteiger partial charge in [-0.25, -0.2) is 0 Å². The molecule has 5 nitrogen and oxygen atoms in total. The Labute approximate surface area is 133 Å². The van der Waals surface area contributed by atoms with E-state index in [9.17, 15) is 9.59 Å². The zero-order valence-electron chi connectivity index (χ0n) is 12.2. The average molecular weight is 320 g/mol. The van der Waals surface area contributed by atoms with Crippen molar-refractivity contribution in [3.8, 4) is 0 Å². The number of rotatable bonds is 3. The van der Waals surface area contributed by atoms with Gasteiger partial charge in [0.05, 0.1) is 0 Å². The van der Waals surface area contributed by atoms with Gasteiger partial charge < -0.3 is 15.2 Å². The number of likely N-dealkylation sites (tertiary alicyclic amines) is 1. The summed E-state index contributed by atoms with van der Waals surface area (Å²) in [5.74, 6) is -0.311. The highest BCUT2D eigenvalue weighted by atomic mass is 35.5. The Hall–Kier alpha value is -2.01. The van der Waals surface area contributed by atoms with E-state index in [1.165, 1.54) is 0 Å². The number of carbonyl (C=O) groups is 2. The topological polar surface area (TPSA) is 68.3 Å². The lowest BCUT2D eigenvalue weighted by molar-refractivity contribution is -0.135. The van der Waals surface area contributed by atoms with E-state index in [0.29, 0.717) is 31.0 Å². The highest BCUT2D eigenvalue weighted by Crippen LogP contribution is 2.24. The Kier molecular flexibility index (Phi) is 4.07. The van der Waals surface area contributed by atoms with Gasteiger partial charge >= 0.3 is 0 Å². The molecule has 0 unspecified atom stereocenters. The molecule has 1 aromatic carbocycles. The van der Waals surface area contributed by atoms with E-state index in [1.807, 2.05) is 35.0 Å². The number of aromatic nitrogens is 1. The molecule has 0 bridgehead atoms. The molecule has 2 N–H and O–H groups in total. The van der Waals surface area contributed by atoms with Crippen LogP contribution in [0, 0.1) is 5.92 Å². The summed E-state index contributed by atoms with van der Waals surface area (Å²) in [5, 5.41) is 1.63. The number of benzene rings is 1. The van der Waals surface area contributed by atoms with Crippen LogP contribution in [0.25, 0.3) is 10.9 Å². The van der Waals surface area contributed by atoms with Crippen LogP contribution in [-0.2, 0) is 16.1 Å². The molecule has 0 atom stereocenters. The molecule has 1 saturated heterocycles.